The van der Waals surface area contributed by atoms with Crippen molar-refractivity contribution in [2.24, 2.45) is 5.73 Å². The van der Waals surface area contributed by atoms with Crippen molar-refractivity contribution in [2.45, 2.75) is 51.0 Å². The van der Waals surface area contributed by atoms with E-state index >= 15 is 0 Å². The number of hydrogen-bond acceptors (Lipinski definition) is 2. The maximum atomic E-state index is 7.04. The van der Waals surface area contributed by atoms with E-state index < -0.39 is 0 Å². The molecule has 3 nitrogen and oxygen atoms in total. The minimum atomic E-state index is 0.271. The zero-order valence-corrected chi connectivity index (χ0v) is 8.22. The van der Waals surface area contributed by atoms with Crippen molar-refractivity contribution >= 4 is 5.84 Å². The standard InChI is InChI=1S/C10H20N2O/c11-10(12)7-4-8-13-9-5-2-1-3-6-9/h9H,1-8H2,(H3,11,12). The van der Waals surface area contributed by atoms with Gasteiger partial charge in [-0.05, 0) is 19.3 Å². The minimum absolute atomic E-state index is 0.271. The molecule has 0 radical (unpaired) electrons. The Hall–Kier alpha value is -0.570. The zero-order valence-electron chi connectivity index (χ0n) is 8.22. The van der Waals surface area contributed by atoms with Crippen LogP contribution in [0.5, 0.6) is 0 Å². The molecule has 0 aromatic heterocycles. The summed E-state index contributed by atoms with van der Waals surface area (Å²) in [5, 5.41) is 7.04. The van der Waals surface area contributed by atoms with Crippen LogP contribution in [-0.4, -0.2) is 18.5 Å². The van der Waals surface area contributed by atoms with Crippen LogP contribution in [0.15, 0.2) is 0 Å². The fourth-order valence-electron chi connectivity index (χ4n) is 1.74. The summed E-state index contributed by atoms with van der Waals surface area (Å²) in [7, 11) is 0. The summed E-state index contributed by atoms with van der Waals surface area (Å²) in [6, 6.07) is 0. The molecule has 0 atom stereocenters. The number of ether oxygens (including phenoxy) is 1. The van der Waals surface area contributed by atoms with Gasteiger partial charge in [-0.15, -0.1) is 0 Å². The van der Waals surface area contributed by atoms with Gasteiger partial charge < -0.3 is 10.5 Å². The Morgan fingerprint density at radius 3 is 2.62 bits per heavy atom. The third kappa shape index (κ3) is 4.88. The number of nitrogens with one attached hydrogen (secondary N) is 1. The molecule has 1 aliphatic rings. The van der Waals surface area contributed by atoms with E-state index in [-0.39, 0.29) is 5.84 Å². The summed E-state index contributed by atoms with van der Waals surface area (Å²) >= 11 is 0. The predicted molar refractivity (Wildman–Crippen MR) is 54.0 cm³/mol. The van der Waals surface area contributed by atoms with Crippen molar-refractivity contribution in [1.29, 1.82) is 5.41 Å². The van der Waals surface area contributed by atoms with Crippen molar-refractivity contribution in [1.82, 2.24) is 0 Å². The fraction of sp³-hybridized carbons (Fsp3) is 0.900. The smallest absolute Gasteiger partial charge is 0.0906 e. The Kier molecular flexibility index (Phi) is 4.83. The van der Waals surface area contributed by atoms with E-state index in [2.05, 4.69) is 0 Å². The second-order valence-corrected chi connectivity index (χ2v) is 3.76. The quantitative estimate of drug-likeness (QED) is 0.390. The van der Waals surface area contributed by atoms with Gasteiger partial charge in [0.1, 0.15) is 0 Å². The van der Waals surface area contributed by atoms with Crippen molar-refractivity contribution in [3.8, 4) is 0 Å². The van der Waals surface area contributed by atoms with Gasteiger partial charge in [0.25, 0.3) is 0 Å². The number of nitrogens with two attached hydrogens (primary N) is 1. The molecule has 0 saturated heterocycles. The molecule has 0 amide bonds. The lowest BCUT2D eigenvalue weighted by Crippen LogP contribution is -2.18. The van der Waals surface area contributed by atoms with E-state index in [1.165, 1.54) is 32.1 Å². The molecular weight excluding hydrogens is 164 g/mol. The Morgan fingerprint density at radius 1 is 1.31 bits per heavy atom. The second kappa shape index (κ2) is 5.97. The van der Waals surface area contributed by atoms with Crippen molar-refractivity contribution in [2.75, 3.05) is 6.61 Å². The lowest BCUT2D eigenvalue weighted by Gasteiger charge is -2.21. The number of rotatable bonds is 5. The highest BCUT2D eigenvalue weighted by Gasteiger charge is 2.12. The van der Waals surface area contributed by atoms with E-state index in [1.54, 1.807) is 0 Å². The first kappa shape index (κ1) is 10.5. The summed E-state index contributed by atoms with van der Waals surface area (Å²) < 4.78 is 5.68. The zero-order chi connectivity index (χ0) is 9.52. The normalized spacial score (nSPS) is 18.8. The highest BCUT2D eigenvalue weighted by Crippen LogP contribution is 2.20. The molecule has 1 aliphatic carbocycles. The van der Waals surface area contributed by atoms with Gasteiger partial charge in [-0.2, -0.15) is 0 Å². The number of hydrogen-bond donors (Lipinski definition) is 2. The molecule has 0 aromatic carbocycles. The van der Waals surface area contributed by atoms with Gasteiger partial charge in [0.05, 0.1) is 11.9 Å². The summed E-state index contributed by atoms with van der Waals surface area (Å²) in [4.78, 5) is 0. The summed E-state index contributed by atoms with van der Waals surface area (Å²) in [5.41, 5.74) is 5.24. The molecule has 0 spiro atoms. The highest BCUT2D eigenvalue weighted by molar-refractivity contribution is 5.76. The van der Waals surface area contributed by atoms with Crippen LogP contribution in [-0.2, 0) is 4.74 Å². The van der Waals surface area contributed by atoms with Crippen molar-refractivity contribution < 1.29 is 4.74 Å². The monoisotopic (exact) mass is 184 g/mol. The molecular formula is C10H20N2O. The van der Waals surface area contributed by atoms with Crippen molar-refractivity contribution in [3.63, 3.8) is 0 Å². The highest BCUT2D eigenvalue weighted by atomic mass is 16.5. The maximum absolute atomic E-state index is 7.04. The van der Waals surface area contributed by atoms with Gasteiger partial charge in [-0.25, -0.2) is 0 Å². The van der Waals surface area contributed by atoms with Gasteiger partial charge in [0.15, 0.2) is 0 Å². The Bertz CT molecular complexity index is 153. The van der Waals surface area contributed by atoms with Gasteiger partial charge in [-0.1, -0.05) is 19.3 Å². The summed E-state index contributed by atoms with van der Waals surface area (Å²) in [5.74, 6) is 0.271. The van der Waals surface area contributed by atoms with Gasteiger partial charge in [0.2, 0.25) is 0 Å². The van der Waals surface area contributed by atoms with E-state index in [0.717, 1.165) is 13.0 Å². The third-order valence-electron chi connectivity index (χ3n) is 2.50. The molecule has 1 fully saturated rings. The Balaban J connectivity index is 1.95. The van der Waals surface area contributed by atoms with E-state index in [4.69, 9.17) is 15.9 Å². The van der Waals surface area contributed by atoms with E-state index in [0.29, 0.717) is 12.5 Å². The van der Waals surface area contributed by atoms with Crippen LogP contribution in [0.3, 0.4) is 0 Å². The molecule has 0 aromatic rings. The first-order valence-corrected chi connectivity index (χ1v) is 5.23. The topological polar surface area (TPSA) is 59.1 Å². The van der Waals surface area contributed by atoms with Crippen molar-refractivity contribution in [3.05, 3.63) is 0 Å². The van der Waals surface area contributed by atoms with Gasteiger partial charge in [0, 0.05) is 13.0 Å². The molecule has 0 unspecified atom stereocenters. The SMILES string of the molecule is N=C(N)CCCOC1CCCCC1. The largest absolute Gasteiger partial charge is 0.388 e. The molecule has 1 rings (SSSR count). The van der Waals surface area contributed by atoms with Crippen LogP contribution in [0.1, 0.15) is 44.9 Å². The van der Waals surface area contributed by atoms with Crippen LogP contribution in [0, 0.1) is 5.41 Å². The molecule has 0 heterocycles. The van der Waals surface area contributed by atoms with Crippen LogP contribution in [0.2, 0.25) is 0 Å². The molecule has 3 heteroatoms. The predicted octanol–water partition coefficient (Wildman–Crippen LogP) is 2.05. The number of amidine groups is 1. The summed E-state index contributed by atoms with van der Waals surface area (Å²) in [6.45, 7) is 0.768. The molecule has 3 N–H and O–H groups in total. The first-order chi connectivity index (χ1) is 6.29. The first-order valence-electron chi connectivity index (χ1n) is 5.23. The third-order valence-corrected chi connectivity index (χ3v) is 2.50. The average molecular weight is 184 g/mol. The fourth-order valence-corrected chi connectivity index (χ4v) is 1.74. The van der Waals surface area contributed by atoms with Crippen LogP contribution in [0.25, 0.3) is 0 Å². The molecule has 0 bridgehead atoms. The Labute approximate surface area is 80.2 Å². The molecule has 0 aliphatic heterocycles. The van der Waals surface area contributed by atoms with Crippen LogP contribution in [0.4, 0.5) is 0 Å². The van der Waals surface area contributed by atoms with Gasteiger partial charge in [-0.3, -0.25) is 5.41 Å². The molecule has 1 saturated carbocycles. The lowest BCUT2D eigenvalue weighted by atomic mass is 9.98. The minimum Gasteiger partial charge on any atom is -0.388 e. The summed E-state index contributed by atoms with van der Waals surface area (Å²) in [6.07, 6.45) is 8.50. The van der Waals surface area contributed by atoms with E-state index in [1.807, 2.05) is 0 Å². The molecule has 76 valence electrons. The maximum Gasteiger partial charge on any atom is 0.0906 e. The van der Waals surface area contributed by atoms with Crippen LogP contribution >= 0.6 is 0 Å². The second-order valence-electron chi connectivity index (χ2n) is 3.76. The van der Waals surface area contributed by atoms with E-state index in [9.17, 15) is 0 Å². The average Bonchev–Trinajstić information content (AvgIpc) is 2.14. The molecule has 13 heavy (non-hydrogen) atoms. The Morgan fingerprint density at radius 2 is 2.00 bits per heavy atom. The van der Waals surface area contributed by atoms with Crippen LogP contribution < -0.4 is 5.73 Å². The lowest BCUT2D eigenvalue weighted by molar-refractivity contribution is 0.0278. The van der Waals surface area contributed by atoms with Gasteiger partial charge >= 0.3 is 0 Å².